The van der Waals surface area contributed by atoms with Crippen molar-refractivity contribution in [3.63, 3.8) is 0 Å². The van der Waals surface area contributed by atoms with Crippen LogP contribution in [0.25, 0.3) is 0 Å². The van der Waals surface area contributed by atoms with Crippen molar-refractivity contribution in [2.45, 2.75) is 25.8 Å². The lowest BCUT2D eigenvalue weighted by molar-refractivity contribution is 0.370. The van der Waals surface area contributed by atoms with Gasteiger partial charge in [0.25, 0.3) is 0 Å². The molecule has 0 radical (unpaired) electrons. The number of hydrogen-bond acceptors (Lipinski definition) is 4. The predicted octanol–water partition coefficient (Wildman–Crippen LogP) is 3.60. The molecule has 0 aliphatic rings. The molecule has 0 aliphatic carbocycles. The van der Waals surface area contributed by atoms with Crippen LogP contribution in [0.4, 0.5) is 0 Å². The summed E-state index contributed by atoms with van der Waals surface area (Å²) >= 11 is 6.87. The zero-order chi connectivity index (χ0) is 13.1. The molecule has 1 aromatic carbocycles. The van der Waals surface area contributed by atoms with Gasteiger partial charge in [-0.3, -0.25) is 0 Å². The first kappa shape index (κ1) is 13.7. The molecule has 18 heavy (non-hydrogen) atoms. The van der Waals surface area contributed by atoms with Crippen molar-refractivity contribution < 1.29 is 4.52 Å². The highest BCUT2D eigenvalue weighted by molar-refractivity contribution is 9.13. The molecule has 96 valence electrons. The van der Waals surface area contributed by atoms with Crippen molar-refractivity contribution in [3.05, 3.63) is 44.4 Å². The Labute approximate surface area is 122 Å². The summed E-state index contributed by atoms with van der Waals surface area (Å²) in [5.41, 5.74) is 7.06. The van der Waals surface area contributed by atoms with Gasteiger partial charge in [0, 0.05) is 15.4 Å². The fourth-order valence-electron chi connectivity index (χ4n) is 1.56. The fourth-order valence-corrected chi connectivity index (χ4v) is 2.21. The van der Waals surface area contributed by atoms with Crippen molar-refractivity contribution in [1.29, 1.82) is 0 Å². The molecule has 4 nitrogen and oxygen atoms in total. The Bertz CT molecular complexity index is 542. The van der Waals surface area contributed by atoms with Crippen LogP contribution in [-0.4, -0.2) is 10.1 Å². The summed E-state index contributed by atoms with van der Waals surface area (Å²) in [6.07, 6.45) is 1.75. The smallest absolute Gasteiger partial charge is 0.226 e. The molecule has 1 aromatic heterocycles. The number of nitrogens with zero attached hydrogens (tertiary/aromatic N) is 2. The molecule has 0 aliphatic heterocycles. The Morgan fingerprint density at radius 2 is 2.11 bits per heavy atom. The minimum Gasteiger partial charge on any atom is -0.339 e. The van der Waals surface area contributed by atoms with Crippen LogP contribution in [0.3, 0.4) is 0 Å². The van der Waals surface area contributed by atoms with Crippen molar-refractivity contribution >= 4 is 31.9 Å². The van der Waals surface area contributed by atoms with E-state index in [0.717, 1.165) is 27.4 Å². The van der Waals surface area contributed by atoms with Crippen LogP contribution in [0.1, 0.15) is 36.7 Å². The van der Waals surface area contributed by atoms with Gasteiger partial charge in [-0.1, -0.05) is 18.1 Å². The van der Waals surface area contributed by atoms with Crippen LogP contribution in [-0.2, 0) is 6.42 Å². The Kier molecular flexibility index (Phi) is 4.53. The summed E-state index contributed by atoms with van der Waals surface area (Å²) in [4.78, 5) is 4.30. The van der Waals surface area contributed by atoms with Crippen LogP contribution in [0.15, 0.2) is 31.7 Å². The second kappa shape index (κ2) is 5.95. The van der Waals surface area contributed by atoms with Gasteiger partial charge in [0.1, 0.15) is 0 Å². The topological polar surface area (TPSA) is 64.9 Å². The molecule has 0 saturated carbocycles. The molecule has 1 heterocycles. The molecule has 1 unspecified atom stereocenters. The third-order valence-corrected chi connectivity index (χ3v) is 4.41. The lowest BCUT2D eigenvalue weighted by atomic mass is 10.1. The minimum atomic E-state index is -0.372. The van der Waals surface area contributed by atoms with Gasteiger partial charge >= 0.3 is 0 Å². The number of hydrogen-bond donors (Lipinski definition) is 1. The largest absolute Gasteiger partial charge is 0.339 e. The first-order valence-electron chi connectivity index (χ1n) is 5.64. The highest BCUT2D eigenvalue weighted by Gasteiger charge is 2.16. The van der Waals surface area contributed by atoms with Crippen molar-refractivity contribution in [1.82, 2.24) is 10.1 Å². The van der Waals surface area contributed by atoms with Gasteiger partial charge in [0.05, 0.1) is 6.04 Å². The van der Waals surface area contributed by atoms with Crippen molar-refractivity contribution in [2.24, 2.45) is 5.73 Å². The molecule has 0 spiro atoms. The standard InChI is InChI=1S/C12H13Br2N3O/c1-2-3-10-16-12(17-18-10)11(15)7-4-5-8(13)9(14)6-7/h4-6,11H,2-3,15H2,1H3. The molecule has 0 bridgehead atoms. The second-order valence-corrected chi connectivity index (χ2v) is 5.66. The molecule has 6 heteroatoms. The minimum absolute atomic E-state index is 0.372. The molecule has 0 amide bonds. The van der Waals surface area contributed by atoms with E-state index in [1.165, 1.54) is 0 Å². The number of nitrogens with two attached hydrogens (primary N) is 1. The van der Waals surface area contributed by atoms with Gasteiger partial charge in [0.15, 0.2) is 5.82 Å². The maximum atomic E-state index is 6.12. The Hall–Kier alpha value is -0.720. The summed E-state index contributed by atoms with van der Waals surface area (Å²) in [5, 5.41) is 3.93. The fraction of sp³-hybridized carbons (Fsp3) is 0.333. The van der Waals surface area contributed by atoms with Crippen LogP contribution in [0, 0.1) is 0 Å². The van der Waals surface area contributed by atoms with Crippen LogP contribution in [0.2, 0.25) is 0 Å². The molecule has 2 rings (SSSR count). The molecular formula is C12H13Br2N3O. The molecule has 1 atom stereocenters. The predicted molar refractivity (Wildman–Crippen MR) is 76.2 cm³/mol. The van der Waals surface area contributed by atoms with E-state index >= 15 is 0 Å². The van der Waals surface area contributed by atoms with Gasteiger partial charge in [-0.2, -0.15) is 4.98 Å². The lowest BCUT2D eigenvalue weighted by Gasteiger charge is -2.08. The van der Waals surface area contributed by atoms with E-state index in [2.05, 4.69) is 48.9 Å². The quantitative estimate of drug-likeness (QED) is 0.887. The Balaban J connectivity index is 2.23. The zero-order valence-corrected chi connectivity index (χ0v) is 13.0. The first-order valence-corrected chi connectivity index (χ1v) is 7.23. The zero-order valence-electron chi connectivity index (χ0n) is 9.86. The number of aryl methyl sites for hydroxylation is 1. The van der Waals surface area contributed by atoms with Crippen molar-refractivity contribution in [2.75, 3.05) is 0 Å². The SMILES string of the molecule is CCCc1nc(C(N)c2ccc(Br)c(Br)c2)no1. The third-order valence-electron chi connectivity index (χ3n) is 2.53. The average Bonchev–Trinajstić information content (AvgIpc) is 2.81. The van der Waals surface area contributed by atoms with Gasteiger partial charge in [-0.25, -0.2) is 0 Å². The maximum absolute atomic E-state index is 6.12. The highest BCUT2D eigenvalue weighted by Crippen LogP contribution is 2.27. The summed E-state index contributed by atoms with van der Waals surface area (Å²) in [6.45, 7) is 2.07. The summed E-state index contributed by atoms with van der Waals surface area (Å²) in [5.74, 6) is 1.16. The maximum Gasteiger partial charge on any atom is 0.226 e. The number of halogens is 2. The average molecular weight is 375 g/mol. The summed E-state index contributed by atoms with van der Waals surface area (Å²) in [7, 11) is 0. The molecule has 0 fully saturated rings. The van der Waals surface area contributed by atoms with Gasteiger partial charge in [-0.05, 0) is 56.0 Å². The Morgan fingerprint density at radius 1 is 1.33 bits per heavy atom. The van der Waals surface area contributed by atoms with E-state index in [-0.39, 0.29) is 6.04 Å². The number of benzene rings is 1. The van der Waals surface area contributed by atoms with Gasteiger partial charge in [0.2, 0.25) is 5.89 Å². The van der Waals surface area contributed by atoms with E-state index in [1.807, 2.05) is 18.2 Å². The van der Waals surface area contributed by atoms with Crippen LogP contribution < -0.4 is 5.73 Å². The molecular weight excluding hydrogens is 362 g/mol. The molecule has 2 aromatic rings. The number of aromatic nitrogens is 2. The second-order valence-electron chi connectivity index (χ2n) is 3.95. The van der Waals surface area contributed by atoms with E-state index in [9.17, 15) is 0 Å². The van der Waals surface area contributed by atoms with Crippen molar-refractivity contribution in [3.8, 4) is 0 Å². The summed E-state index contributed by atoms with van der Waals surface area (Å²) in [6, 6.07) is 5.45. The molecule has 2 N–H and O–H groups in total. The van der Waals surface area contributed by atoms with E-state index < -0.39 is 0 Å². The van der Waals surface area contributed by atoms with E-state index in [0.29, 0.717) is 11.7 Å². The van der Waals surface area contributed by atoms with Crippen LogP contribution in [0.5, 0.6) is 0 Å². The summed E-state index contributed by atoms with van der Waals surface area (Å²) < 4.78 is 7.08. The van der Waals surface area contributed by atoms with Gasteiger partial charge in [-0.15, -0.1) is 0 Å². The Morgan fingerprint density at radius 3 is 2.78 bits per heavy atom. The first-order chi connectivity index (χ1) is 8.61. The normalized spacial score (nSPS) is 12.7. The van der Waals surface area contributed by atoms with Crippen LogP contribution >= 0.6 is 31.9 Å². The monoisotopic (exact) mass is 373 g/mol. The highest BCUT2D eigenvalue weighted by atomic mass is 79.9. The lowest BCUT2D eigenvalue weighted by Crippen LogP contribution is -2.13. The molecule has 0 saturated heterocycles. The third kappa shape index (κ3) is 2.99. The number of rotatable bonds is 4. The van der Waals surface area contributed by atoms with Gasteiger partial charge < -0.3 is 10.3 Å². The van der Waals surface area contributed by atoms with E-state index in [1.54, 1.807) is 0 Å². The van der Waals surface area contributed by atoms with E-state index in [4.69, 9.17) is 10.3 Å².